The first-order chi connectivity index (χ1) is 9.20. The van der Waals surface area contributed by atoms with Crippen LogP contribution in [-0.2, 0) is 0 Å². The van der Waals surface area contributed by atoms with Gasteiger partial charge >= 0.3 is 0 Å². The van der Waals surface area contributed by atoms with Crippen molar-refractivity contribution in [2.24, 2.45) is 0 Å². The van der Waals surface area contributed by atoms with E-state index < -0.39 is 0 Å². The molecule has 1 fully saturated rings. The zero-order valence-electron chi connectivity index (χ0n) is 10.8. The normalized spacial score (nSPS) is 17.2. The van der Waals surface area contributed by atoms with E-state index in [-0.39, 0.29) is 11.5 Å². The Morgan fingerprint density at radius 3 is 2.79 bits per heavy atom. The van der Waals surface area contributed by atoms with E-state index in [0.717, 1.165) is 44.5 Å². The van der Waals surface area contributed by atoms with Crippen LogP contribution >= 0.6 is 15.9 Å². The summed E-state index contributed by atoms with van der Waals surface area (Å²) in [5, 5.41) is 0.959. The van der Waals surface area contributed by atoms with Crippen molar-refractivity contribution in [3.8, 4) is 0 Å². The average Bonchev–Trinajstić information content (AvgIpc) is 2.65. The molecular formula is C13H18BrN3O2. The number of hydrogen-bond acceptors (Lipinski definition) is 3. The molecule has 2 rings (SSSR count). The van der Waals surface area contributed by atoms with Crippen molar-refractivity contribution in [2.45, 2.75) is 6.42 Å². The molecule has 0 saturated carbocycles. The van der Waals surface area contributed by atoms with Gasteiger partial charge in [0.05, 0.1) is 5.56 Å². The molecule has 5 nitrogen and oxygen atoms in total. The average molecular weight is 328 g/mol. The van der Waals surface area contributed by atoms with Crippen LogP contribution in [0.25, 0.3) is 0 Å². The minimum absolute atomic E-state index is 0.00283. The van der Waals surface area contributed by atoms with Crippen molar-refractivity contribution in [3.05, 3.63) is 34.2 Å². The molecule has 0 atom stereocenters. The summed E-state index contributed by atoms with van der Waals surface area (Å²) in [6, 6.07) is 2.98. The Labute approximate surface area is 120 Å². The molecule has 1 aliphatic heterocycles. The first kappa shape index (κ1) is 14.3. The molecule has 0 aromatic carbocycles. The Bertz CT molecular complexity index is 469. The van der Waals surface area contributed by atoms with Crippen LogP contribution in [0.2, 0.25) is 0 Å². The van der Waals surface area contributed by atoms with Crippen LogP contribution in [0.3, 0.4) is 0 Å². The van der Waals surface area contributed by atoms with E-state index in [9.17, 15) is 9.59 Å². The minimum atomic E-state index is -0.184. The predicted octanol–water partition coefficient (Wildman–Crippen LogP) is 0.918. The molecule has 0 spiro atoms. The lowest BCUT2D eigenvalue weighted by Crippen LogP contribution is -2.35. The van der Waals surface area contributed by atoms with Gasteiger partial charge in [0.15, 0.2) is 0 Å². The number of hydrogen-bond donors (Lipinski definition) is 1. The fourth-order valence-electron chi connectivity index (χ4n) is 2.24. The molecule has 2 heterocycles. The number of nitrogens with one attached hydrogen (secondary N) is 1. The number of carbonyl (C=O) groups is 1. The summed E-state index contributed by atoms with van der Waals surface area (Å²) in [5.74, 6) is -0.00283. The van der Waals surface area contributed by atoms with Crippen LogP contribution in [-0.4, -0.2) is 58.7 Å². The number of H-pyrrole nitrogens is 1. The third-order valence-corrected chi connectivity index (χ3v) is 3.66. The summed E-state index contributed by atoms with van der Waals surface area (Å²) in [6.07, 6.45) is 2.48. The van der Waals surface area contributed by atoms with Crippen LogP contribution in [0.4, 0.5) is 0 Å². The maximum Gasteiger partial charge on any atom is 0.255 e. The molecule has 1 amide bonds. The highest BCUT2D eigenvalue weighted by Gasteiger charge is 2.19. The molecule has 0 bridgehead atoms. The monoisotopic (exact) mass is 327 g/mol. The quantitative estimate of drug-likeness (QED) is 0.840. The van der Waals surface area contributed by atoms with Crippen molar-refractivity contribution in [1.29, 1.82) is 0 Å². The van der Waals surface area contributed by atoms with Crippen molar-refractivity contribution in [1.82, 2.24) is 14.8 Å². The van der Waals surface area contributed by atoms with Gasteiger partial charge in [-0.2, -0.15) is 0 Å². The van der Waals surface area contributed by atoms with Crippen LogP contribution in [0.1, 0.15) is 16.8 Å². The third kappa shape index (κ3) is 3.91. The number of carbonyl (C=O) groups excluding carboxylic acids is 1. The topological polar surface area (TPSA) is 56.4 Å². The molecule has 1 aromatic heterocycles. The van der Waals surface area contributed by atoms with E-state index in [1.165, 1.54) is 12.3 Å². The Morgan fingerprint density at radius 1 is 1.26 bits per heavy atom. The summed E-state index contributed by atoms with van der Waals surface area (Å²) in [7, 11) is 0. The highest BCUT2D eigenvalue weighted by atomic mass is 79.9. The molecule has 1 aliphatic rings. The molecule has 104 valence electrons. The summed E-state index contributed by atoms with van der Waals surface area (Å²) in [4.78, 5) is 30.1. The molecule has 6 heteroatoms. The number of alkyl halides is 1. The number of aromatic nitrogens is 1. The minimum Gasteiger partial charge on any atom is -0.337 e. The lowest BCUT2D eigenvalue weighted by Gasteiger charge is -2.21. The van der Waals surface area contributed by atoms with Gasteiger partial charge in [0, 0.05) is 43.8 Å². The number of halogens is 1. The largest absolute Gasteiger partial charge is 0.337 e. The Morgan fingerprint density at radius 2 is 2.11 bits per heavy atom. The summed E-state index contributed by atoms with van der Waals surface area (Å²) < 4.78 is 0. The van der Waals surface area contributed by atoms with E-state index in [1.54, 1.807) is 6.07 Å². The van der Waals surface area contributed by atoms with Gasteiger partial charge in [-0.1, -0.05) is 15.9 Å². The molecular weight excluding hydrogens is 310 g/mol. The first-order valence-electron chi connectivity index (χ1n) is 6.47. The van der Waals surface area contributed by atoms with Gasteiger partial charge in [0.25, 0.3) is 5.91 Å². The maximum absolute atomic E-state index is 12.3. The van der Waals surface area contributed by atoms with Gasteiger partial charge in [-0.3, -0.25) is 9.59 Å². The molecule has 0 unspecified atom stereocenters. The zero-order valence-corrected chi connectivity index (χ0v) is 12.4. The van der Waals surface area contributed by atoms with Crippen molar-refractivity contribution >= 4 is 21.8 Å². The number of amides is 1. The fraction of sp³-hybridized carbons (Fsp3) is 0.538. The highest BCUT2D eigenvalue weighted by molar-refractivity contribution is 9.09. The standard InChI is InChI=1S/C13H18BrN3O2/c14-4-7-16-5-1-6-17(9-8-16)13(19)11-2-3-12(18)15-10-11/h2-3,10H,1,4-9H2,(H,15,18). The SMILES string of the molecule is O=C(c1ccc(=O)[nH]c1)N1CCCN(CCBr)CC1. The van der Waals surface area contributed by atoms with Gasteiger partial charge in [0.1, 0.15) is 0 Å². The lowest BCUT2D eigenvalue weighted by molar-refractivity contribution is 0.0761. The number of pyridine rings is 1. The van der Waals surface area contributed by atoms with Gasteiger partial charge in [-0.15, -0.1) is 0 Å². The maximum atomic E-state index is 12.3. The summed E-state index contributed by atoms with van der Waals surface area (Å²) in [6.45, 7) is 4.46. The van der Waals surface area contributed by atoms with Crippen LogP contribution in [0.5, 0.6) is 0 Å². The highest BCUT2D eigenvalue weighted by Crippen LogP contribution is 2.08. The van der Waals surface area contributed by atoms with Gasteiger partial charge < -0.3 is 14.8 Å². The van der Waals surface area contributed by atoms with Gasteiger partial charge in [-0.25, -0.2) is 0 Å². The van der Waals surface area contributed by atoms with E-state index in [1.807, 2.05) is 4.90 Å². The molecule has 1 N–H and O–H groups in total. The smallest absolute Gasteiger partial charge is 0.255 e. The molecule has 0 aliphatic carbocycles. The van der Waals surface area contributed by atoms with Crippen LogP contribution in [0, 0.1) is 0 Å². The summed E-state index contributed by atoms with van der Waals surface area (Å²) >= 11 is 3.44. The van der Waals surface area contributed by atoms with E-state index in [2.05, 4.69) is 25.8 Å². The van der Waals surface area contributed by atoms with E-state index in [4.69, 9.17) is 0 Å². The van der Waals surface area contributed by atoms with Crippen molar-refractivity contribution in [2.75, 3.05) is 38.1 Å². The van der Waals surface area contributed by atoms with Crippen LogP contribution < -0.4 is 5.56 Å². The lowest BCUT2D eigenvalue weighted by atomic mass is 10.2. The van der Waals surface area contributed by atoms with Crippen LogP contribution in [0.15, 0.2) is 23.1 Å². The number of nitrogens with zero attached hydrogens (tertiary/aromatic N) is 2. The second-order valence-corrected chi connectivity index (χ2v) is 5.41. The number of rotatable bonds is 3. The Kier molecular flexibility index (Phi) is 5.15. The second kappa shape index (κ2) is 6.86. The zero-order chi connectivity index (χ0) is 13.7. The molecule has 19 heavy (non-hydrogen) atoms. The predicted molar refractivity (Wildman–Crippen MR) is 77.8 cm³/mol. The van der Waals surface area contributed by atoms with E-state index >= 15 is 0 Å². The number of aromatic amines is 1. The first-order valence-corrected chi connectivity index (χ1v) is 7.59. The van der Waals surface area contributed by atoms with Crippen molar-refractivity contribution < 1.29 is 4.79 Å². The Balaban J connectivity index is 1.99. The Hall–Kier alpha value is -1.14. The second-order valence-electron chi connectivity index (χ2n) is 4.62. The van der Waals surface area contributed by atoms with Gasteiger partial charge in [-0.05, 0) is 19.0 Å². The molecule has 1 saturated heterocycles. The van der Waals surface area contributed by atoms with Crippen molar-refractivity contribution in [3.63, 3.8) is 0 Å². The molecule has 0 radical (unpaired) electrons. The van der Waals surface area contributed by atoms with E-state index in [0.29, 0.717) is 5.56 Å². The molecule has 1 aromatic rings. The third-order valence-electron chi connectivity index (χ3n) is 3.31. The fourth-order valence-corrected chi connectivity index (χ4v) is 2.74. The summed E-state index contributed by atoms with van der Waals surface area (Å²) in [5.41, 5.74) is 0.365. The van der Waals surface area contributed by atoms with Gasteiger partial charge in [0.2, 0.25) is 5.56 Å².